The molecule has 0 amide bonds. The van der Waals surface area contributed by atoms with Crippen LogP contribution in [-0.2, 0) is 30.3 Å². The van der Waals surface area contributed by atoms with E-state index in [4.69, 9.17) is 11.6 Å². The number of aryl methyl sites for hydroxylation is 1. The lowest BCUT2D eigenvalue weighted by atomic mass is 10.2. The van der Waals surface area contributed by atoms with Crippen molar-refractivity contribution in [3.8, 4) is 0 Å². The van der Waals surface area contributed by atoms with E-state index < -0.39 is 48.4 Å². The zero-order valence-corrected chi connectivity index (χ0v) is 15.2. The van der Waals surface area contributed by atoms with Crippen molar-refractivity contribution in [2.24, 2.45) is 14.1 Å². The Morgan fingerprint density at radius 1 is 1.11 bits per heavy atom. The molecule has 0 fully saturated rings. The first-order valence-electron chi connectivity index (χ1n) is 7.12. The summed E-state index contributed by atoms with van der Waals surface area (Å²) in [4.78, 5) is 27.4. The molecule has 0 spiro atoms. The Hall–Kier alpha value is -2.60. The third-order valence-electron chi connectivity index (χ3n) is 3.91. The van der Waals surface area contributed by atoms with Crippen LogP contribution in [0.5, 0.6) is 0 Å². The fourth-order valence-electron chi connectivity index (χ4n) is 2.50. The van der Waals surface area contributed by atoms with Gasteiger partial charge in [0.2, 0.25) is 0 Å². The standard InChI is InChI=1S/C14H10ClF3N4O4S/c1-20-11-10(12(23)21(2)13(20)24)22(6-19-11)27(25,26)9-4-3-7(5-8(9)15)14(16,17)18/h3-6H,1-2H3. The molecule has 0 radical (unpaired) electrons. The van der Waals surface area contributed by atoms with Crippen molar-refractivity contribution in [2.45, 2.75) is 11.1 Å². The highest BCUT2D eigenvalue weighted by Crippen LogP contribution is 2.34. The van der Waals surface area contributed by atoms with E-state index in [0.29, 0.717) is 26.7 Å². The quantitative estimate of drug-likeness (QED) is 0.621. The Morgan fingerprint density at radius 3 is 2.30 bits per heavy atom. The number of imidazole rings is 1. The fourth-order valence-corrected chi connectivity index (χ4v) is 4.30. The first-order chi connectivity index (χ1) is 12.4. The number of halogens is 4. The van der Waals surface area contributed by atoms with Gasteiger partial charge in [0.25, 0.3) is 15.6 Å². The number of nitrogens with zero attached hydrogens (tertiary/aromatic N) is 4. The molecule has 3 aromatic rings. The van der Waals surface area contributed by atoms with Gasteiger partial charge in [-0.1, -0.05) is 11.6 Å². The number of alkyl halides is 3. The van der Waals surface area contributed by atoms with Crippen molar-refractivity contribution < 1.29 is 21.6 Å². The van der Waals surface area contributed by atoms with Crippen molar-refractivity contribution in [1.29, 1.82) is 0 Å². The zero-order valence-electron chi connectivity index (χ0n) is 13.7. The molecule has 0 saturated heterocycles. The summed E-state index contributed by atoms with van der Waals surface area (Å²) in [6.07, 6.45) is -3.92. The highest BCUT2D eigenvalue weighted by molar-refractivity contribution is 7.90. The summed E-state index contributed by atoms with van der Waals surface area (Å²) in [5, 5.41) is -0.673. The van der Waals surface area contributed by atoms with Crippen LogP contribution in [0.15, 0.2) is 39.0 Å². The predicted octanol–water partition coefficient (Wildman–Crippen LogP) is 1.34. The molecular weight excluding hydrogens is 413 g/mol. The SMILES string of the molecule is Cn1c(=O)c2c(ncn2S(=O)(=O)c2ccc(C(F)(F)F)cc2Cl)n(C)c1=O. The molecule has 144 valence electrons. The van der Waals surface area contributed by atoms with Crippen LogP contribution >= 0.6 is 11.6 Å². The molecule has 2 aromatic heterocycles. The van der Waals surface area contributed by atoms with Gasteiger partial charge >= 0.3 is 11.9 Å². The summed E-state index contributed by atoms with van der Waals surface area (Å²) < 4.78 is 66.2. The predicted molar refractivity (Wildman–Crippen MR) is 89.3 cm³/mol. The van der Waals surface area contributed by atoms with Gasteiger partial charge in [0.05, 0.1) is 10.6 Å². The van der Waals surface area contributed by atoms with E-state index in [9.17, 15) is 31.2 Å². The van der Waals surface area contributed by atoms with Gasteiger partial charge in [0.1, 0.15) is 11.2 Å². The molecule has 0 atom stereocenters. The van der Waals surface area contributed by atoms with Crippen molar-refractivity contribution in [3.05, 3.63) is 56.0 Å². The molecule has 0 N–H and O–H groups in total. The smallest absolute Gasteiger partial charge is 0.279 e. The lowest BCUT2D eigenvalue weighted by molar-refractivity contribution is -0.137. The van der Waals surface area contributed by atoms with E-state index in [-0.39, 0.29) is 5.65 Å². The Kier molecular flexibility index (Phi) is 4.23. The van der Waals surface area contributed by atoms with Crippen molar-refractivity contribution >= 4 is 32.8 Å². The average molecular weight is 423 g/mol. The molecule has 0 saturated carbocycles. The Bertz CT molecular complexity index is 1300. The number of hydrogen-bond acceptors (Lipinski definition) is 5. The van der Waals surface area contributed by atoms with Crippen LogP contribution in [0.3, 0.4) is 0 Å². The van der Waals surface area contributed by atoms with Crippen molar-refractivity contribution in [3.63, 3.8) is 0 Å². The van der Waals surface area contributed by atoms with Crippen LogP contribution in [0.4, 0.5) is 13.2 Å². The second-order valence-corrected chi connectivity index (χ2v) is 7.76. The monoisotopic (exact) mass is 422 g/mol. The van der Waals surface area contributed by atoms with Crippen LogP contribution in [0.2, 0.25) is 5.02 Å². The third-order valence-corrected chi connectivity index (χ3v) is 6.04. The number of benzene rings is 1. The third kappa shape index (κ3) is 2.84. The minimum atomic E-state index is -4.71. The van der Waals surface area contributed by atoms with Gasteiger partial charge in [-0.25, -0.2) is 22.2 Å². The van der Waals surface area contributed by atoms with Crippen LogP contribution in [0.25, 0.3) is 11.2 Å². The first-order valence-corrected chi connectivity index (χ1v) is 8.94. The van der Waals surface area contributed by atoms with E-state index in [1.54, 1.807) is 0 Å². The van der Waals surface area contributed by atoms with Gasteiger partial charge in [0.15, 0.2) is 11.2 Å². The zero-order chi connectivity index (χ0) is 20.3. The highest BCUT2D eigenvalue weighted by Gasteiger charge is 2.33. The average Bonchev–Trinajstić information content (AvgIpc) is 3.03. The van der Waals surface area contributed by atoms with Gasteiger partial charge in [-0.2, -0.15) is 13.2 Å². The maximum atomic E-state index is 12.9. The van der Waals surface area contributed by atoms with Crippen LogP contribution in [-0.4, -0.2) is 26.5 Å². The maximum absolute atomic E-state index is 12.9. The minimum absolute atomic E-state index is 0.199. The van der Waals surface area contributed by atoms with Gasteiger partial charge < -0.3 is 0 Å². The number of rotatable bonds is 2. The number of aromatic nitrogens is 4. The molecule has 13 heteroatoms. The molecule has 0 aliphatic carbocycles. The molecule has 0 aliphatic heterocycles. The summed E-state index contributed by atoms with van der Waals surface area (Å²) in [5.74, 6) is 0. The first kappa shape index (κ1) is 19.2. The van der Waals surface area contributed by atoms with E-state index >= 15 is 0 Å². The molecule has 8 nitrogen and oxygen atoms in total. The highest BCUT2D eigenvalue weighted by atomic mass is 35.5. The van der Waals surface area contributed by atoms with Crippen molar-refractivity contribution in [2.75, 3.05) is 0 Å². The lowest BCUT2D eigenvalue weighted by Crippen LogP contribution is -2.38. The van der Waals surface area contributed by atoms with Gasteiger partial charge in [-0.05, 0) is 18.2 Å². The van der Waals surface area contributed by atoms with Crippen molar-refractivity contribution in [1.82, 2.24) is 18.1 Å². The van der Waals surface area contributed by atoms with E-state index in [1.165, 1.54) is 7.05 Å². The van der Waals surface area contributed by atoms with Crippen LogP contribution < -0.4 is 11.2 Å². The van der Waals surface area contributed by atoms with Crippen LogP contribution in [0, 0.1) is 0 Å². The van der Waals surface area contributed by atoms with E-state index in [0.717, 1.165) is 17.9 Å². The lowest BCUT2D eigenvalue weighted by Gasteiger charge is -2.12. The maximum Gasteiger partial charge on any atom is 0.416 e. The van der Waals surface area contributed by atoms with Gasteiger partial charge in [-0.3, -0.25) is 13.9 Å². The topological polar surface area (TPSA) is 96.0 Å². The number of hydrogen-bond donors (Lipinski definition) is 0. The Morgan fingerprint density at radius 2 is 1.74 bits per heavy atom. The summed E-state index contributed by atoms with van der Waals surface area (Å²) in [7, 11) is -2.12. The largest absolute Gasteiger partial charge is 0.416 e. The summed E-state index contributed by atoms with van der Waals surface area (Å²) in [6, 6.07) is 1.73. The second kappa shape index (κ2) is 5.96. The Labute approximate surface area is 154 Å². The molecule has 1 aromatic carbocycles. The molecule has 3 rings (SSSR count). The van der Waals surface area contributed by atoms with E-state index in [1.807, 2.05) is 0 Å². The molecule has 27 heavy (non-hydrogen) atoms. The van der Waals surface area contributed by atoms with E-state index in [2.05, 4.69) is 4.98 Å². The molecule has 0 aliphatic rings. The normalized spacial score (nSPS) is 12.7. The summed E-state index contributed by atoms with van der Waals surface area (Å²) in [5.41, 5.74) is -3.41. The summed E-state index contributed by atoms with van der Waals surface area (Å²) >= 11 is 5.76. The summed E-state index contributed by atoms with van der Waals surface area (Å²) in [6.45, 7) is 0. The molecule has 0 bridgehead atoms. The van der Waals surface area contributed by atoms with Gasteiger partial charge in [0, 0.05) is 14.1 Å². The minimum Gasteiger partial charge on any atom is -0.279 e. The van der Waals surface area contributed by atoms with Gasteiger partial charge in [-0.15, -0.1) is 0 Å². The molecular formula is C14H10ClF3N4O4S. The number of fused-ring (bicyclic) bond motifs is 1. The molecule has 2 heterocycles. The Balaban J connectivity index is 2.32. The second-order valence-electron chi connectivity index (χ2n) is 5.57. The fraction of sp³-hybridized carbons (Fsp3) is 0.214. The molecule has 0 unspecified atom stereocenters. The van der Waals surface area contributed by atoms with Crippen LogP contribution in [0.1, 0.15) is 5.56 Å².